The normalized spacial score (nSPS) is 33.2. The molecule has 3 atom stereocenters. The molecule has 1 aliphatic heterocycles. The Bertz CT molecular complexity index is 354. The lowest BCUT2D eigenvalue weighted by molar-refractivity contribution is -0.124. The number of piperazine rings is 1. The molecule has 3 unspecified atom stereocenters. The fourth-order valence-corrected chi connectivity index (χ4v) is 3.94. The largest absolute Gasteiger partial charge is 0.368 e. The van der Waals surface area contributed by atoms with E-state index >= 15 is 0 Å². The zero-order chi connectivity index (χ0) is 15.5. The van der Waals surface area contributed by atoms with Gasteiger partial charge in [-0.15, -0.1) is 0 Å². The standard InChI is InChI=1S/C16H32N4O/c1-4-13(3)19-8-10-20(11-9-19)14-6-7-16(12-14,15(17)21)18-5-2/h13-14,18H,4-12H2,1-3H3,(H2,17,21). The van der Waals surface area contributed by atoms with Crippen molar-refractivity contribution < 1.29 is 4.79 Å². The van der Waals surface area contributed by atoms with Crippen molar-refractivity contribution in [3.63, 3.8) is 0 Å². The van der Waals surface area contributed by atoms with Gasteiger partial charge in [0.15, 0.2) is 0 Å². The minimum absolute atomic E-state index is 0.176. The predicted molar refractivity (Wildman–Crippen MR) is 86.1 cm³/mol. The minimum atomic E-state index is -0.465. The maximum Gasteiger partial charge on any atom is 0.237 e. The van der Waals surface area contributed by atoms with Gasteiger partial charge in [0.05, 0.1) is 5.54 Å². The van der Waals surface area contributed by atoms with Crippen LogP contribution in [0.4, 0.5) is 0 Å². The first kappa shape index (κ1) is 16.7. The molecule has 0 radical (unpaired) electrons. The molecular weight excluding hydrogens is 264 g/mol. The summed E-state index contributed by atoms with van der Waals surface area (Å²) in [4.78, 5) is 17.0. The molecule has 2 rings (SSSR count). The van der Waals surface area contributed by atoms with Crippen molar-refractivity contribution >= 4 is 5.91 Å². The molecule has 1 heterocycles. The highest BCUT2D eigenvalue weighted by molar-refractivity contribution is 5.85. The van der Waals surface area contributed by atoms with E-state index in [-0.39, 0.29) is 5.91 Å². The topological polar surface area (TPSA) is 61.6 Å². The quantitative estimate of drug-likeness (QED) is 0.761. The maximum absolute atomic E-state index is 11.9. The maximum atomic E-state index is 11.9. The van der Waals surface area contributed by atoms with Gasteiger partial charge in [0.25, 0.3) is 0 Å². The summed E-state index contributed by atoms with van der Waals surface area (Å²) in [7, 11) is 0. The van der Waals surface area contributed by atoms with E-state index in [1.165, 1.54) is 6.42 Å². The average molecular weight is 296 g/mol. The van der Waals surface area contributed by atoms with Gasteiger partial charge in [-0.1, -0.05) is 13.8 Å². The third-order valence-electron chi connectivity index (χ3n) is 5.55. The second-order valence-electron chi connectivity index (χ2n) is 6.70. The van der Waals surface area contributed by atoms with Crippen molar-refractivity contribution in [1.82, 2.24) is 15.1 Å². The Balaban J connectivity index is 1.89. The van der Waals surface area contributed by atoms with Gasteiger partial charge in [0, 0.05) is 38.3 Å². The van der Waals surface area contributed by atoms with E-state index in [4.69, 9.17) is 5.73 Å². The SMILES string of the molecule is CCNC1(C(N)=O)CCC(N2CCN(C(C)CC)CC2)C1. The third kappa shape index (κ3) is 3.58. The van der Waals surface area contributed by atoms with Gasteiger partial charge in [-0.25, -0.2) is 0 Å². The summed E-state index contributed by atoms with van der Waals surface area (Å²) in [6.45, 7) is 12.0. The summed E-state index contributed by atoms with van der Waals surface area (Å²) >= 11 is 0. The van der Waals surface area contributed by atoms with Crippen LogP contribution in [0.1, 0.15) is 46.5 Å². The molecule has 1 aliphatic carbocycles. The van der Waals surface area contributed by atoms with Crippen molar-refractivity contribution in [3.8, 4) is 0 Å². The molecule has 0 bridgehead atoms. The van der Waals surface area contributed by atoms with Crippen LogP contribution in [0.2, 0.25) is 0 Å². The third-order valence-corrected chi connectivity index (χ3v) is 5.55. The van der Waals surface area contributed by atoms with Crippen molar-refractivity contribution in [2.45, 2.75) is 64.1 Å². The number of likely N-dealkylation sites (N-methyl/N-ethyl adjacent to an activating group) is 1. The number of carbonyl (C=O) groups excluding carboxylic acids is 1. The van der Waals surface area contributed by atoms with E-state index in [9.17, 15) is 4.79 Å². The number of rotatable bonds is 6. The number of nitrogens with one attached hydrogen (secondary N) is 1. The van der Waals surface area contributed by atoms with Crippen LogP contribution in [0.5, 0.6) is 0 Å². The van der Waals surface area contributed by atoms with Crippen LogP contribution in [0.15, 0.2) is 0 Å². The lowest BCUT2D eigenvalue weighted by atomic mass is 9.96. The number of hydrogen-bond acceptors (Lipinski definition) is 4. The smallest absolute Gasteiger partial charge is 0.237 e. The number of carbonyl (C=O) groups is 1. The van der Waals surface area contributed by atoms with E-state index < -0.39 is 5.54 Å². The summed E-state index contributed by atoms with van der Waals surface area (Å²) in [5, 5.41) is 3.35. The molecule has 5 heteroatoms. The zero-order valence-corrected chi connectivity index (χ0v) is 13.9. The van der Waals surface area contributed by atoms with Gasteiger partial charge >= 0.3 is 0 Å². The molecule has 21 heavy (non-hydrogen) atoms. The lowest BCUT2D eigenvalue weighted by Crippen LogP contribution is -2.56. The van der Waals surface area contributed by atoms with E-state index in [0.29, 0.717) is 12.1 Å². The molecule has 1 saturated heterocycles. The minimum Gasteiger partial charge on any atom is -0.368 e. The van der Waals surface area contributed by atoms with Crippen LogP contribution in [0, 0.1) is 0 Å². The van der Waals surface area contributed by atoms with Gasteiger partial charge in [0.1, 0.15) is 0 Å². The highest BCUT2D eigenvalue weighted by atomic mass is 16.1. The number of nitrogens with two attached hydrogens (primary N) is 1. The summed E-state index contributed by atoms with van der Waals surface area (Å²) < 4.78 is 0. The van der Waals surface area contributed by atoms with Gasteiger partial charge in [0.2, 0.25) is 5.91 Å². The van der Waals surface area contributed by atoms with Crippen molar-refractivity contribution in [2.75, 3.05) is 32.7 Å². The van der Waals surface area contributed by atoms with Crippen LogP contribution >= 0.6 is 0 Å². The molecule has 0 aromatic carbocycles. The number of hydrogen-bond donors (Lipinski definition) is 2. The highest BCUT2D eigenvalue weighted by Crippen LogP contribution is 2.33. The fourth-order valence-electron chi connectivity index (χ4n) is 3.94. The zero-order valence-electron chi connectivity index (χ0n) is 13.9. The van der Waals surface area contributed by atoms with E-state index in [0.717, 1.165) is 52.0 Å². The summed E-state index contributed by atoms with van der Waals surface area (Å²) in [6, 6.07) is 1.19. The first-order valence-electron chi connectivity index (χ1n) is 8.55. The Hall–Kier alpha value is -0.650. The summed E-state index contributed by atoms with van der Waals surface area (Å²) in [5.41, 5.74) is 5.20. The van der Waals surface area contributed by atoms with E-state index in [1.807, 2.05) is 6.92 Å². The Morgan fingerprint density at radius 1 is 1.33 bits per heavy atom. The Labute approximate surface area is 129 Å². The van der Waals surface area contributed by atoms with Crippen molar-refractivity contribution in [1.29, 1.82) is 0 Å². The lowest BCUT2D eigenvalue weighted by Gasteiger charge is -2.41. The first-order chi connectivity index (χ1) is 10.0. The van der Waals surface area contributed by atoms with Crippen LogP contribution < -0.4 is 11.1 Å². The first-order valence-corrected chi connectivity index (χ1v) is 8.55. The van der Waals surface area contributed by atoms with Gasteiger partial charge in [-0.2, -0.15) is 0 Å². The fraction of sp³-hybridized carbons (Fsp3) is 0.938. The molecule has 122 valence electrons. The highest BCUT2D eigenvalue weighted by Gasteiger charge is 2.45. The van der Waals surface area contributed by atoms with E-state index in [2.05, 4.69) is 29.0 Å². The average Bonchev–Trinajstić information content (AvgIpc) is 2.93. The second kappa shape index (κ2) is 7.07. The number of amides is 1. The Morgan fingerprint density at radius 2 is 2.00 bits per heavy atom. The molecule has 0 aromatic rings. The van der Waals surface area contributed by atoms with Gasteiger partial charge in [-0.3, -0.25) is 14.6 Å². The Kier molecular flexibility index (Phi) is 5.63. The van der Waals surface area contributed by atoms with Crippen molar-refractivity contribution in [3.05, 3.63) is 0 Å². The van der Waals surface area contributed by atoms with Crippen LogP contribution in [-0.2, 0) is 4.79 Å². The van der Waals surface area contributed by atoms with Gasteiger partial charge in [-0.05, 0) is 39.2 Å². The molecule has 0 spiro atoms. The van der Waals surface area contributed by atoms with E-state index in [1.54, 1.807) is 0 Å². The monoisotopic (exact) mass is 296 g/mol. The summed E-state index contributed by atoms with van der Waals surface area (Å²) in [6.07, 6.45) is 4.06. The van der Waals surface area contributed by atoms with Crippen LogP contribution in [-0.4, -0.2) is 66.1 Å². The van der Waals surface area contributed by atoms with Gasteiger partial charge < -0.3 is 11.1 Å². The Morgan fingerprint density at radius 3 is 2.52 bits per heavy atom. The van der Waals surface area contributed by atoms with Crippen molar-refractivity contribution in [2.24, 2.45) is 5.73 Å². The molecule has 1 amide bonds. The molecule has 3 N–H and O–H groups in total. The summed E-state index contributed by atoms with van der Waals surface area (Å²) in [5.74, 6) is -0.176. The molecule has 2 fully saturated rings. The predicted octanol–water partition coefficient (Wildman–Crippen LogP) is 0.789. The second-order valence-corrected chi connectivity index (χ2v) is 6.70. The molecule has 5 nitrogen and oxygen atoms in total. The molecule has 2 aliphatic rings. The molecule has 1 saturated carbocycles. The number of nitrogens with zero attached hydrogens (tertiary/aromatic N) is 2. The molecule has 0 aromatic heterocycles. The molecular formula is C16H32N4O. The number of primary amides is 1. The van der Waals surface area contributed by atoms with Crippen LogP contribution in [0.3, 0.4) is 0 Å². The van der Waals surface area contributed by atoms with Crippen LogP contribution in [0.25, 0.3) is 0 Å².